The summed E-state index contributed by atoms with van der Waals surface area (Å²) in [5.41, 5.74) is 2.74. The molecule has 0 saturated heterocycles. The zero-order valence-electron chi connectivity index (χ0n) is 11.6. The van der Waals surface area contributed by atoms with Gasteiger partial charge in [0.1, 0.15) is 0 Å². The number of nitrogens with one attached hydrogen (secondary N) is 1. The van der Waals surface area contributed by atoms with Crippen molar-refractivity contribution in [3.8, 4) is 0 Å². The third-order valence-corrected chi connectivity index (χ3v) is 3.79. The lowest BCUT2D eigenvalue weighted by Crippen LogP contribution is -2.30. The molecule has 2 rings (SSSR count). The molecule has 18 heavy (non-hydrogen) atoms. The van der Waals surface area contributed by atoms with Crippen LogP contribution in [0.5, 0.6) is 0 Å². The molecule has 1 aliphatic carbocycles. The van der Waals surface area contributed by atoms with Crippen molar-refractivity contribution in [3.05, 3.63) is 35.4 Å². The van der Waals surface area contributed by atoms with Crippen molar-refractivity contribution in [1.29, 1.82) is 0 Å². The van der Waals surface area contributed by atoms with E-state index in [0.29, 0.717) is 12.1 Å². The van der Waals surface area contributed by atoms with Crippen molar-refractivity contribution < 1.29 is 4.74 Å². The fourth-order valence-electron chi connectivity index (χ4n) is 2.27. The first-order chi connectivity index (χ1) is 8.83. The van der Waals surface area contributed by atoms with E-state index in [1.807, 2.05) is 0 Å². The smallest absolute Gasteiger partial charge is 0.0665 e. The molecule has 0 aromatic heterocycles. The van der Waals surface area contributed by atoms with Crippen molar-refractivity contribution in [2.24, 2.45) is 0 Å². The van der Waals surface area contributed by atoms with Crippen molar-refractivity contribution in [3.63, 3.8) is 0 Å². The number of aryl methyl sites for hydroxylation is 1. The summed E-state index contributed by atoms with van der Waals surface area (Å²) < 4.78 is 5.94. The van der Waals surface area contributed by atoms with Gasteiger partial charge in [0.15, 0.2) is 0 Å². The first-order valence-electron chi connectivity index (χ1n) is 7.27. The Kier molecular flexibility index (Phi) is 5.21. The Morgan fingerprint density at radius 1 is 1.22 bits per heavy atom. The minimum absolute atomic E-state index is 0.335. The highest BCUT2D eigenvalue weighted by Crippen LogP contribution is 2.24. The number of rotatable bonds is 7. The lowest BCUT2D eigenvalue weighted by Gasteiger charge is -2.28. The van der Waals surface area contributed by atoms with E-state index in [9.17, 15) is 0 Å². The summed E-state index contributed by atoms with van der Waals surface area (Å²) in [5, 5.41) is 3.51. The largest absolute Gasteiger partial charge is 0.376 e. The summed E-state index contributed by atoms with van der Waals surface area (Å²) >= 11 is 0. The second kappa shape index (κ2) is 6.91. The zero-order chi connectivity index (χ0) is 12.8. The second-order valence-electron chi connectivity index (χ2n) is 5.09. The van der Waals surface area contributed by atoms with Crippen LogP contribution < -0.4 is 5.32 Å². The molecular formula is C16H25NO. The van der Waals surface area contributed by atoms with Crippen LogP contribution in [0.2, 0.25) is 0 Å². The van der Waals surface area contributed by atoms with Crippen LogP contribution in [-0.4, -0.2) is 19.3 Å². The molecule has 1 aromatic carbocycles. The van der Waals surface area contributed by atoms with Gasteiger partial charge < -0.3 is 10.1 Å². The Hall–Kier alpha value is -0.860. The predicted molar refractivity (Wildman–Crippen MR) is 75.8 cm³/mol. The topological polar surface area (TPSA) is 21.3 Å². The van der Waals surface area contributed by atoms with E-state index in [1.165, 1.54) is 30.4 Å². The van der Waals surface area contributed by atoms with E-state index in [0.717, 1.165) is 19.6 Å². The maximum atomic E-state index is 5.94. The van der Waals surface area contributed by atoms with Crippen LogP contribution in [0.3, 0.4) is 0 Å². The van der Waals surface area contributed by atoms with Crippen LogP contribution in [-0.2, 0) is 11.2 Å². The molecule has 1 unspecified atom stereocenters. The van der Waals surface area contributed by atoms with Crippen molar-refractivity contribution in [1.82, 2.24) is 5.32 Å². The van der Waals surface area contributed by atoms with Crippen LogP contribution in [0.4, 0.5) is 0 Å². The number of ether oxygens (including phenoxy) is 1. The second-order valence-corrected chi connectivity index (χ2v) is 5.09. The molecule has 1 atom stereocenters. The molecule has 2 heteroatoms. The van der Waals surface area contributed by atoms with E-state index in [-0.39, 0.29) is 0 Å². The third-order valence-electron chi connectivity index (χ3n) is 3.79. The molecule has 0 amide bonds. The SMILES string of the molecule is CCNC(COC1CCC1)c1ccc(CC)cc1. The quantitative estimate of drug-likeness (QED) is 0.796. The molecule has 0 heterocycles. The Balaban J connectivity index is 1.93. The van der Waals surface area contributed by atoms with Gasteiger partial charge in [0.25, 0.3) is 0 Å². The molecule has 2 nitrogen and oxygen atoms in total. The molecule has 0 bridgehead atoms. The van der Waals surface area contributed by atoms with E-state index in [2.05, 4.69) is 43.4 Å². The summed E-state index contributed by atoms with van der Waals surface area (Å²) in [4.78, 5) is 0. The van der Waals surface area contributed by atoms with Gasteiger partial charge in [-0.25, -0.2) is 0 Å². The molecule has 1 N–H and O–H groups in total. The van der Waals surface area contributed by atoms with Gasteiger partial charge in [0.05, 0.1) is 18.8 Å². The van der Waals surface area contributed by atoms with E-state index < -0.39 is 0 Å². The Labute approximate surface area is 111 Å². The standard InChI is InChI=1S/C16H25NO/c1-3-13-8-10-14(11-9-13)16(17-4-2)12-18-15-6-5-7-15/h8-11,15-17H,3-7,12H2,1-2H3. The van der Waals surface area contributed by atoms with Gasteiger partial charge in [-0.3, -0.25) is 0 Å². The fraction of sp³-hybridized carbons (Fsp3) is 0.625. The molecular weight excluding hydrogens is 222 g/mol. The predicted octanol–water partition coefficient (Wildman–Crippen LogP) is 3.47. The Morgan fingerprint density at radius 2 is 1.94 bits per heavy atom. The first-order valence-corrected chi connectivity index (χ1v) is 7.27. The number of hydrogen-bond acceptors (Lipinski definition) is 2. The number of likely N-dealkylation sites (N-methyl/N-ethyl adjacent to an activating group) is 1. The minimum atomic E-state index is 0.335. The van der Waals surface area contributed by atoms with E-state index in [1.54, 1.807) is 0 Å². The normalized spacial score (nSPS) is 17.4. The van der Waals surface area contributed by atoms with Crippen molar-refractivity contribution in [2.75, 3.05) is 13.2 Å². The average Bonchev–Trinajstić information content (AvgIpc) is 2.36. The highest BCUT2D eigenvalue weighted by molar-refractivity contribution is 5.25. The lowest BCUT2D eigenvalue weighted by atomic mass is 9.96. The van der Waals surface area contributed by atoms with Gasteiger partial charge in [-0.1, -0.05) is 38.1 Å². The fourth-order valence-corrected chi connectivity index (χ4v) is 2.27. The van der Waals surface area contributed by atoms with Gasteiger partial charge in [-0.2, -0.15) is 0 Å². The van der Waals surface area contributed by atoms with Gasteiger partial charge in [0.2, 0.25) is 0 Å². The molecule has 1 fully saturated rings. The summed E-state index contributed by atoms with van der Waals surface area (Å²) in [7, 11) is 0. The van der Waals surface area contributed by atoms with E-state index in [4.69, 9.17) is 4.74 Å². The molecule has 1 saturated carbocycles. The van der Waals surface area contributed by atoms with Crippen LogP contribution in [0.15, 0.2) is 24.3 Å². The zero-order valence-corrected chi connectivity index (χ0v) is 11.6. The molecule has 100 valence electrons. The molecule has 1 aliphatic rings. The van der Waals surface area contributed by atoms with Crippen molar-refractivity contribution >= 4 is 0 Å². The highest BCUT2D eigenvalue weighted by Gasteiger charge is 2.20. The Bertz CT molecular complexity index is 343. The molecule has 0 spiro atoms. The van der Waals surface area contributed by atoms with Gasteiger partial charge in [-0.05, 0) is 43.4 Å². The third kappa shape index (κ3) is 3.56. The van der Waals surface area contributed by atoms with Gasteiger partial charge >= 0.3 is 0 Å². The van der Waals surface area contributed by atoms with Gasteiger partial charge in [0, 0.05) is 0 Å². The van der Waals surface area contributed by atoms with Crippen molar-refractivity contribution in [2.45, 2.75) is 51.7 Å². The first kappa shape index (κ1) is 13.6. The van der Waals surface area contributed by atoms with Gasteiger partial charge in [-0.15, -0.1) is 0 Å². The van der Waals surface area contributed by atoms with Crippen LogP contribution in [0.25, 0.3) is 0 Å². The molecule has 0 aliphatic heterocycles. The number of hydrogen-bond donors (Lipinski definition) is 1. The summed E-state index contributed by atoms with van der Waals surface area (Å²) in [5.74, 6) is 0. The molecule has 0 radical (unpaired) electrons. The summed E-state index contributed by atoms with van der Waals surface area (Å²) in [6.07, 6.45) is 5.44. The average molecular weight is 247 g/mol. The van der Waals surface area contributed by atoms with Crippen LogP contribution in [0, 0.1) is 0 Å². The van der Waals surface area contributed by atoms with E-state index >= 15 is 0 Å². The summed E-state index contributed by atoms with van der Waals surface area (Å²) in [6, 6.07) is 9.25. The monoisotopic (exact) mass is 247 g/mol. The maximum absolute atomic E-state index is 5.94. The van der Waals surface area contributed by atoms with Crippen LogP contribution >= 0.6 is 0 Å². The van der Waals surface area contributed by atoms with Crippen LogP contribution in [0.1, 0.15) is 50.3 Å². The minimum Gasteiger partial charge on any atom is -0.376 e. The maximum Gasteiger partial charge on any atom is 0.0665 e. The Morgan fingerprint density at radius 3 is 2.44 bits per heavy atom. The summed E-state index contributed by atoms with van der Waals surface area (Å²) in [6.45, 7) is 6.12. The number of benzene rings is 1. The lowest BCUT2D eigenvalue weighted by molar-refractivity contribution is -0.00860. The molecule has 1 aromatic rings. The highest BCUT2D eigenvalue weighted by atomic mass is 16.5.